The molecule has 0 fully saturated rings. The highest BCUT2D eigenvalue weighted by atomic mass is 15.1. The van der Waals surface area contributed by atoms with Crippen LogP contribution in [0.1, 0.15) is 87.5 Å². The lowest BCUT2D eigenvalue weighted by Gasteiger charge is -2.47. The summed E-state index contributed by atoms with van der Waals surface area (Å²) >= 11 is 0. The van der Waals surface area contributed by atoms with E-state index in [1.165, 1.54) is 45.2 Å². The molecule has 0 saturated carbocycles. The van der Waals surface area contributed by atoms with Gasteiger partial charge in [-0.2, -0.15) is 0 Å². The Labute approximate surface area is 129 Å². The number of hydrogen-bond acceptors (Lipinski definition) is 1. The molecule has 0 rings (SSSR count). The maximum Gasteiger partial charge on any atom is 0.00400 e. The van der Waals surface area contributed by atoms with Gasteiger partial charge in [0.05, 0.1) is 0 Å². The molecule has 0 radical (unpaired) electrons. The van der Waals surface area contributed by atoms with Crippen LogP contribution in [-0.4, -0.2) is 25.0 Å². The highest BCUT2D eigenvalue weighted by molar-refractivity contribution is 4.91. The summed E-state index contributed by atoms with van der Waals surface area (Å²) in [7, 11) is 2.33. The van der Waals surface area contributed by atoms with E-state index >= 15 is 0 Å². The van der Waals surface area contributed by atoms with E-state index in [-0.39, 0.29) is 0 Å². The molecule has 1 nitrogen and oxygen atoms in total. The normalized spacial score (nSPS) is 16.5. The van der Waals surface area contributed by atoms with Crippen LogP contribution in [0.5, 0.6) is 0 Å². The van der Waals surface area contributed by atoms with E-state index in [0.717, 1.165) is 0 Å². The van der Waals surface area contributed by atoms with Crippen molar-refractivity contribution in [3.63, 3.8) is 0 Å². The summed E-state index contributed by atoms with van der Waals surface area (Å²) in [5.74, 6) is 0. The van der Waals surface area contributed by atoms with Gasteiger partial charge in [0.25, 0.3) is 0 Å². The summed E-state index contributed by atoms with van der Waals surface area (Å²) in [5, 5.41) is 0. The van der Waals surface area contributed by atoms with Crippen LogP contribution in [0.3, 0.4) is 0 Å². The predicted molar refractivity (Wildman–Crippen MR) is 93.3 cm³/mol. The molecule has 0 aliphatic heterocycles. The van der Waals surface area contributed by atoms with Gasteiger partial charge in [0.1, 0.15) is 0 Å². The molecule has 0 aromatic heterocycles. The summed E-state index contributed by atoms with van der Waals surface area (Å²) in [6.07, 6.45) is 6.46. The van der Waals surface area contributed by atoms with Gasteiger partial charge in [-0.15, -0.1) is 0 Å². The quantitative estimate of drug-likeness (QED) is 0.502. The van der Waals surface area contributed by atoms with E-state index in [1.807, 2.05) is 0 Å². The van der Waals surface area contributed by atoms with Crippen LogP contribution in [0.25, 0.3) is 0 Å². The van der Waals surface area contributed by atoms with E-state index in [1.54, 1.807) is 0 Å². The molecule has 1 heteroatoms. The molecule has 1 unspecified atom stereocenters. The Hall–Kier alpha value is -0.0400. The van der Waals surface area contributed by atoms with Crippen molar-refractivity contribution >= 4 is 0 Å². The zero-order chi connectivity index (χ0) is 16.0. The zero-order valence-corrected chi connectivity index (χ0v) is 15.9. The van der Waals surface area contributed by atoms with Crippen molar-refractivity contribution in [3.05, 3.63) is 0 Å². The fourth-order valence-corrected chi connectivity index (χ4v) is 3.97. The summed E-state index contributed by atoms with van der Waals surface area (Å²) < 4.78 is 0. The second-order valence-electron chi connectivity index (χ2n) is 8.32. The van der Waals surface area contributed by atoms with Gasteiger partial charge < -0.3 is 4.90 Å². The first-order valence-corrected chi connectivity index (χ1v) is 8.78. The van der Waals surface area contributed by atoms with Crippen molar-refractivity contribution < 1.29 is 0 Å². The Balaban J connectivity index is 4.90. The minimum atomic E-state index is 0.373. The lowest BCUT2D eigenvalue weighted by atomic mass is 9.63. The zero-order valence-electron chi connectivity index (χ0n) is 15.9. The average Bonchev–Trinajstić information content (AvgIpc) is 2.34. The van der Waals surface area contributed by atoms with Crippen LogP contribution in [0.15, 0.2) is 0 Å². The third kappa shape index (κ3) is 5.06. The largest absolute Gasteiger partial charge is 0.305 e. The molecule has 0 aromatic carbocycles. The fraction of sp³-hybridized carbons (Fsp3) is 1.00. The maximum absolute atomic E-state index is 2.61. The monoisotopic (exact) mass is 283 g/mol. The van der Waals surface area contributed by atoms with Gasteiger partial charge in [-0.25, -0.2) is 0 Å². The first kappa shape index (κ1) is 20.0. The van der Waals surface area contributed by atoms with Gasteiger partial charge in [0.2, 0.25) is 0 Å². The molecule has 0 heterocycles. The second-order valence-corrected chi connectivity index (χ2v) is 8.32. The van der Waals surface area contributed by atoms with Gasteiger partial charge in [0, 0.05) is 13.1 Å². The third-order valence-corrected chi connectivity index (χ3v) is 5.88. The van der Waals surface area contributed by atoms with Crippen LogP contribution in [0.4, 0.5) is 0 Å². The lowest BCUT2D eigenvalue weighted by Crippen LogP contribution is -2.46. The predicted octanol–water partition coefficient (Wildman–Crippen LogP) is 5.99. The van der Waals surface area contributed by atoms with Crippen molar-refractivity contribution in [2.24, 2.45) is 16.2 Å². The molecule has 0 bridgehead atoms. The molecule has 20 heavy (non-hydrogen) atoms. The molecule has 0 spiro atoms. The Bertz CT molecular complexity index is 259. The molecule has 1 atom stereocenters. The van der Waals surface area contributed by atoms with Gasteiger partial charge >= 0.3 is 0 Å². The van der Waals surface area contributed by atoms with Crippen molar-refractivity contribution in [3.8, 4) is 0 Å². The molecular formula is C19H41N. The summed E-state index contributed by atoms with van der Waals surface area (Å²) in [4.78, 5) is 2.61. The van der Waals surface area contributed by atoms with E-state index in [0.29, 0.717) is 16.2 Å². The molecule has 122 valence electrons. The van der Waals surface area contributed by atoms with Crippen molar-refractivity contribution in [2.75, 3.05) is 20.1 Å². The fourth-order valence-electron chi connectivity index (χ4n) is 3.97. The van der Waals surface area contributed by atoms with Crippen molar-refractivity contribution in [2.45, 2.75) is 87.5 Å². The number of hydrogen-bond donors (Lipinski definition) is 0. The highest BCUT2D eigenvalue weighted by Crippen LogP contribution is 2.45. The minimum Gasteiger partial charge on any atom is -0.305 e. The Morgan fingerprint density at radius 3 is 1.55 bits per heavy atom. The summed E-state index contributed by atoms with van der Waals surface area (Å²) in [5.41, 5.74) is 1.29. The smallest absolute Gasteiger partial charge is 0.00400 e. The first-order valence-electron chi connectivity index (χ1n) is 8.78. The maximum atomic E-state index is 2.61. The lowest BCUT2D eigenvalue weighted by molar-refractivity contribution is 0.0209. The second kappa shape index (κ2) is 7.82. The Morgan fingerprint density at radius 1 is 0.750 bits per heavy atom. The SMILES string of the molecule is CCCC(C)(CC)CN(C)CC(CC)(CC)C(C)(C)C. The van der Waals surface area contributed by atoms with Crippen molar-refractivity contribution in [1.29, 1.82) is 0 Å². The number of nitrogens with zero attached hydrogens (tertiary/aromatic N) is 1. The van der Waals surface area contributed by atoms with E-state index < -0.39 is 0 Å². The van der Waals surface area contributed by atoms with E-state index in [9.17, 15) is 0 Å². The first-order chi connectivity index (χ1) is 9.09. The van der Waals surface area contributed by atoms with Crippen LogP contribution in [0, 0.1) is 16.2 Å². The average molecular weight is 284 g/mol. The molecule has 0 aliphatic carbocycles. The molecule has 0 amide bonds. The molecule has 0 aromatic rings. The van der Waals surface area contributed by atoms with Crippen LogP contribution in [-0.2, 0) is 0 Å². The van der Waals surface area contributed by atoms with Crippen molar-refractivity contribution in [1.82, 2.24) is 4.90 Å². The van der Waals surface area contributed by atoms with Gasteiger partial charge in [-0.3, -0.25) is 0 Å². The Kier molecular flexibility index (Phi) is 7.81. The summed E-state index contributed by atoms with van der Waals surface area (Å²) in [6.45, 7) is 21.6. The number of rotatable bonds is 9. The van der Waals surface area contributed by atoms with E-state index in [2.05, 4.69) is 67.3 Å². The van der Waals surface area contributed by atoms with Crippen LogP contribution in [0.2, 0.25) is 0 Å². The molecular weight excluding hydrogens is 242 g/mol. The van der Waals surface area contributed by atoms with Gasteiger partial charge in [-0.1, -0.05) is 61.8 Å². The topological polar surface area (TPSA) is 3.24 Å². The molecule has 0 aliphatic rings. The van der Waals surface area contributed by atoms with E-state index in [4.69, 9.17) is 0 Å². The van der Waals surface area contributed by atoms with Crippen LogP contribution < -0.4 is 0 Å². The minimum absolute atomic E-state index is 0.373. The molecule has 0 saturated heterocycles. The summed E-state index contributed by atoms with van der Waals surface area (Å²) in [6, 6.07) is 0. The van der Waals surface area contributed by atoms with Crippen LogP contribution >= 0.6 is 0 Å². The third-order valence-electron chi connectivity index (χ3n) is 5.88. The van der Waals surface area contributed by atoms with Gasteiger partial charge in [-0.05, 0) is 49.0 Å². The molecule has 0 N–H and O–H groups in total. The highest BCUT2D eigenvalue weighted by Gasteiger charge is 2.40. The van der Waals surface area contributed by atoms with Gasteiger partial charge in [0.15, 0.2) is 0 Å². The Morgan fingerprint density at radius 2 is 1.25 bits per heavy atom. The standard InChI is InChI=1S/C19H41N/c1-10-14-18(8,11-2)15-20(9)16-19(12-3,13-4)17(5,6)7/h10-16H2,1-9H3.